The highest BCUT2D eigenvalue weighted by Crippen LogP contribution is 2.22. The zero-order valence-electron chi connectivity index (χ0n) is 12.8. The van der Waals surface area contributed by atoms with Gasteiger partial charge in [-0.25, -0.2) is 4.79 Å². The lowest BCUT2D eigenvalue weighted by molar-refractivity contribution is -0.384. The molecule has 0 radical (unpaired) electrons. The molecule has 1 heterocycles. The van der Waals surface area contributed by atoms with Crippen molar-refractivity contribution in [3.8, 4) is 0 Å². The molecule has 2 rings (SSSR count). The zero-order chi connectivity index (χ0) is 17.7. The molecule has 1 aliphatic heterocycles. The molecule has 2 amide bonds. The molecule has 0 bridgehead atoms. The lowest BCUT2D eigenvalue weighted by Gasteiger charge is -2.22. The third-order valence-corrected chi connectivity index (χ3v) is 3.49. The highest BCUT2D eigenvalue weighted by Gasteiger charge is 2.39. The fraction of sp³-hybridized carbons (Fsp3) is 0.333. The average molecular weight is 335 g/mol. The number of carbonyl (C=O) groups is 2. The van der Waals surface area contributed by atoms with E-state index in [2.05, 4.69) is 11.9 Å². The Morgan fingerprint density at radius 3 is 2.71 bits per heavy atom. The number of hydrogen-bond acceptors (Lipinski definition) is 6. The molecule has 2 N–H and O–H groups in total. The van der Waals surface area contributed by atoms with Crippen LogP contribution < -0.4 is 5.32 Å². The first-order chi connectivity index (χ1) is 11.4. The van der Waals surface area contributed by atoms with Crippen molar-refractivity contribution < 1.29 is 24.4 Å². The highest BCUT2D eigenvalue weighted by atomic mass is 16.6. The summed E-state index contributed by atoms with van der Waals surface area (Å²) >= 11 is 0. The maximum absolute atomic E-state index is 12.3. The quantitative estimate of drug-likeness (QED) is 0.475. The maximum Gasteiger partial charge on any atom is 0.410 e. The van der Waals surface area contributed by atoms with Crippen LogP contribution in [0.5, 0.6) is 0 Å². The van der Waals surface area contributed by atoms with Gasteiger partial charge in [0.05, 0.1) is 17.6 Å². The van der Waals surface area contributed by atoms with Crippen molar-refractivity contribution in [3.63, 3.8) is 0 Å². The summed E-state index contributed by atoms with van der Waals surface area (Å²) in [5, 5.41) is 22.9. The number of hydrogen-bond donors (Lipinski definition) is 2. The molecule has 1 aromatic rings. The Morgan fingerprint density at radius 1 is 1.46 bits per heavy atom. The highest BCUT2D eigenvalue weighted by molar-refractivity contribution is 5.97. The monoisotopic (exact) mass is 335 g/mol. The van der Waals surface area contributed by atoms with E-state index in [-0.39, 0.29) is 25.3 Å². The molecule has 1 aromatic carbocycles. The first-order valence-corrected chi connectivity index (χ1v) is 7.20. The van der Waals surface area contributed by atoms with Gasteiger partial charge in [0.1, 0.15) is 12.6 Å². The van der Waals surface area contributed by atoms with Crippen LogP contribution in [0, 0.1) is 10.1 Å². The number of amides is 2. The predicted molar refractivity (Wildman–Crippen MR) is 84.4 cm³/mol. The molecule has 9 nitrogen and oxygen atoms in total. The summed E-state index contributed by atoms with van der Waals surface area (Å²) in [7, 11) is 0. The number of anilines is 1. The van der Waals surface area contributed by atoms with Gasteiger partial charge in [-0.1, -0.05) is 12.7 Å². The van der Waals surface area contributed by atoms with Gasteiger partial charge in [0, 0.05) is 24.2 Å². The fourth-order valence-corrected chi connectivity index (χ4v) is 2.37. The van der Waals surface area contributed by atoms with Gasteiger partial charge in [0.25, 0.3) is 5.69 Å². The van der Waals surface area contributed by atoms with Gasteiger partial charge >= 0.3 is 6.09 Å². The molecule has 0 saturated carbocycles. The number of ether oxygens (including phenoxy) is 1. The van der Waals surface area contributed by atoms with Gasteiger partial charge in [-0.05, 0) is 12.1 Å². The third-order valence-electron chi connectivity index (χ3n) is 3.49. The minimum atomic E-state index is -0.882. The minimum Gasteiger partial charge on any atom is -0.445 e. The van der Waals surface area contributed by atoms with Crippen LogP contribution in [0.4, 0.5) is 16.2 Å². The molecule has 128 valence electrons. The molecule has 1 aliphatic rings. The summed E-state index contributed by atoms with van der Waals surface area (Å²) in [6.45, 7) is 3.43. The van der Waals surface area contributed by atoms with E-state index in [1.807, 2.05) is 0 Å². The number of aliphatic hydroxyl groups is 1. The number of β-amino-alcohol motifs (C(OH)–C–C–N with tert-alkyl or cyclic N) is 1. The van der Waals surface area contributed by atoms with Crippen LogP contribution in [0.1, 0.15) is 6.42 Å². The summed E-state index contributed by atoms with van der Waals surface area (Å²) in [4.78, 5) is 35.5. The van der Waals surface area contributed by atoms with Crippen LogP contribution in [0.3, 0.4) is 0 Å². The first-order valence-electron chi connectivity index (χ1n) is 7.20. The Kier molecular flexibility index (Phi) is 5.48. The van der Waals surface area contributed by atoms with E-state index in [4.69, 9.17) is 4.74 Å². The number of non-ortho nitro benzene ring substituents is 1. The summed E-state index contributed by atoms with van der Waals surface area (Å²) in [5.41, 5.74) is 0.255. The number of nitro groups is 1. The number of benzene rings is 1. The average Bonchev–Trinajstić information content (AvgIpc) is 2.95. The van der Waals surface area contributed by atoms with Crippen molar-refractivity contribution in [1.82, 2.24) is 4.90 Å². The van der Waals surface area contributed by atoms with Gasteiger partial charge < -0.3 is 15.2 Å². The van der Waals surface area contributed by atoms with E-state index in [0.29, 0.717) is 5.69 Å². The molecule has 0 aliphatic carbocycles. The SMILES string of the molecule is C=CCOC(=O)N1C[C@H](O)C[C@H]1C(=O)Nc1ccc([N+](=O)[O-])cc1. The molecule has 9 heteroatoms. The Bertz CT molecular complexity index is 645. The molecular weight excluding hydrogens is 318 g/mol. The Morgan fingerprint density at radius 2 is 2.12 bits per heavy atom. The van der Waals surface area contributed by atoms with Crippen molar-refractivity contribution in [2.75, 3.05) is 18.5 Å². The predicted octanol–water partition coefficient (Wildman–Crippen LogP) is 1.29. The smallest absolute Gasteiger partial charge is 0.410 e. The van der Waals surface area contributed by atoms with Gasteiger partial charge in [-0.3, -0.25) is 19.8 Å². The molecule has 1 saturated heterocycles. The molecule has 0 unspecified atom stereocenters. The summed E-state index contributed by atoms with van der Waals surface area (Å²) in [6.07, 6.45) is -0.0533. The molecule has 2 atom stereocenters. The van der Waals surface area contributed by atoms with Crippen LogP contribution in [-0.4, -0.2) is 52.2 Å². The summed E-state index contributed by atoms with van der Waals surface area (Å²) in [6, 6.07) is 4.42. The topological polar surface area (TPSA) is 122 Å². The van der Waals surface area contributed by atoms with E-state index in [0.717, 1.165) is 4.90 Å². The van der Waals surface area contributed by atoms with Crippen LogP contribution in [0.15, 0.2) is 36.9 Å². The Labute approximate surface area is 137 Å². The Balaban J connectivity index is 2.04. The van der Waals surface area contributed by atoms with Crippen LogP contribution in [-0.2, 0) is 9.53 Å². The van der Waals surface area contributed by atoms with Crippen molar-refractivity contribution in [3.05, 3.63) is 47.0 Å². The van der Waals surface area contributed by atoms with Gasteiger partial charge in [-0.15, -0.1) is 0 Å². The van der Waals surface area contributed by atoms with E-state index < -0.39 is 29.1 Å². The van der Waals surface area contributed by atoms with Crippen molar-refractivity contribution >= 4 is 23.4 Å². The second-order valence-corrected chi connectivity index (χ2v) is 5.22. The van der Waals surface area contributed by atoms with Crippen LogP contribution in [0.2, 0.25) is 0 Å². The molecule has 0 aromatic heterocycles. The van der Waals surface area contributed by atoms with Crippen molar-refractivity contribution in [2.24, 2.45) is 0 Å². The second-order valence-electron chi connectivity index (χ2n) is 5.22. The zero-order valence-corrected chi connectivity index (χ0v) is 12.8. The number of nitro benzene ring substituents is 1. The summed E-state index contributed by atoms with van der Waals surface area (Å²) in [5.74, 6) is -0.504. The van der Waals surface area contributed by atoms with E-state index >= 15 is 0 Å². The van der Waals surface area contributed by atoms with Gasteiger partial charge in [0.15, 0.2) is 0 Å². The minimum absolute atomic E-state index is 0.00210. The normalized spacial score (nSPS) is 19.6. The third kappa shape index (κ3) is 4.07. The van der Waals surface area contributed by atoms with Crippen molar-refractivity contribution in [1.29, 1.82) is 0 Å². The van der Waals surface area contributed by atoms with Gasteiger partial charge in [-0.2, -0.15) is 0 Å². The second kappa shape index (κ2) is 7.55. The van der Waals surface area contributed by atoms with E-state index in [1.54, 1.807) is 0 Å². The lowest BCUT2D eigenvalue weighted by atomic mass is 10.2. The number of aliphatic hydroxyl groups excluding tert-OH is 1. The van der Waals surface area contributed by atoms with Crippen LogP contribution >= 0.6 is 0 Å². The maximum atomic E-state index is 12.3. The molecule has 24 heavy (non-hydrogen) atoms. The van der Waals surface area contributed by atoms with E-state index in [9.17, 15) is 24.8 Å². The molecular formula is C15H17N3O6. The molecule has 1 fully saturated rings. The fourth-order valence-electron chi connectivity index (χ4n) is 2.37. The standard InChI is InChI=1S/C15H17N3O6/c1-2-7-24-15(21)17-9-12(19)8-13(17)14(20)16-10-3-5-11(6-4-10)18(22)23/h2-6,12-13,19H,1,7-9H2,(H,16,20)/t12-,13+/m1/s1. The number of nitrogens with zero attached hydrogens (tertiary/aromatic N) is 2. The summed E-state index contributed by atoms with van der Waals surface area (Å²) < 4.78 is 4.90. The number of likely N-dealkylation sites (tertiary alicyclic amines) is 1. The number of carbonyl (C=O) groups excluding carboxylic acids is 2. The largest absolute Gasteiger partial charge is 0.445 e. The van der Waals surface area contributed by atoms with E-state index in [1.165, 1.54) is 30.3 Å². The van der Waals surface area contributed by atoms with Crippen LogP contribution in [0.25, 0.3) is 0 Å². The van der Waals surface area contributed by atoms with Crippen molar-refractivity contribution in [2.45, 2.75) is 18.6 Å². The first kappa shape index (κ1) is 17.4. The Hall–Kier alpha value is -2.94. The number of nitrogens with one attached hydrogen (secondary N) is 1. The van der Waals surface area contributed by atoms with Gasteiger partial charge in [0.2, 0.25) is 5.91 Å². The lowest BCUT2D eigenvalue weighted by Crippen LogP contribution is -2.43. The number of rotatable bonds is 5. The molecule has 0 spiro atoms.